The van der Waals surface area contributed by atoms with Crippen LogP contribution in [0.2, 0.25) is 0 Å². The van der Waals surface area contributed by atoms with Crippen molar-refractivity contribution in [3.8, 4) is 5.75 Å². The van der Waals surface area contributed by atoms with Gasteiger partial charge in [-0.05, 0) is 36.8 Å². The lowest BCUT2D eigenvalue weighted by Crippen LogP contribution is -2.06. The molecule has 0 saturated heterocycles. The highest BCUT2D eigenvalue weighted by Crippen LogP contribution is 2.17. The van der Waals surface area contributed by atoms with Gasteiger partial charge in [-0.1, -0.05) is 24.3 Å². The fraction of sp³-hybridized carbons (Fsp3) is 0.235. The van der Waals surface area contributed by atoms with Crippen LogP contribution in [-0.2, 0) is 13.5 Å². The van der Waals surface area contributed by atoms with E-state index < -0.39 is 0 Å². The van der Waals surface area contributed by atoms with Crippen LogP contribution in [0.5, 0.6) is 5.75 Å². The van der Waals surface area contributed by atoms with Crippen molar-refractivity contribution in [1.29, 1.82) is 0 Å². The highest BCUT2D eigenvalue weighted by atomic mass is 16.5. The van der Waals surface area contributed by atoms with Crippen molar-refractivity contribution in [2.24, 2.45) is 7.05 Å². The number of hydrogen-bond donors (Lipinski definition) is 0. The first-order chi connectivity index (χ1) is 9.74. The van der Waals surface area contributed by atoms with Gasteiger partial charge in [0.25, 0.3) is 0 Å². The molecule has 0 aliphatic rings. The Bertz CT molecular complexity index is 716. The van der Waals surface area contributed by atoms with Gasteiger partial charge in [0, 0.05) is 13.5 Å². The molecule has 0 fully saturated rings. The molecule has 3 heteroatoms. The minimum atomic E-state index is 0.639. The number of hydrogen-bond acceptors (Lipinski definition) is 2. The van der Waals surface area contributed by atoms with Crippen molar-refractivity contribution < 1.29 is 4.74 Å². The summed E-state index contributed by atoms with van der Waals surface area (Å²) in [6, 6.07) is 16.2. The third-order valence-electron chi connectivity index (χ3n) is 3.47. The van der Waals surface area contributed by atoms with Gasteiger partial charge in [0.1, 0.15) is 11.6 Å². The van der Waals surface area contributed by atoms with Gasteiger partial charge >= 0.3 is 0 Å². The van der Waals surface area contributed by atoms with Gasteiger partial charge in [-0.2, -0.15) is 0 Å². The number of nitrogens with zero attached hydrogens (tertiary/aromatic N) is 2. The van der Waals surface area contributed by atoms with Crippen LogP contribution in [-0.4, -0.2) is 16.2 Å². The summed E-state index contributed by atoms with van der Waals surface area (Å²) < 4.78 is 7.88. The Hall–Kier alpha value is -2.29. The molecule has 3 rings (SSSR count). The summed E-state index contributed by atoms with van der Waals surface area (Å²) in [7, 11) is 2.06. The van der Waals surface area contributed by atoms with E-state index in [0.717, 1.165) is 23.5 Å². The largest absolute Gasteiger partial charge is 0.493 e. The summed E-state index contributed by atoms with van der Waals surface area (Å²) in [4.78, 5) is 4.67. The van der Waals surface area contributed by atoms with E-state index in [-0.39, 0.29) is 0 Å². The number of imidazole rings is 1. The molecule has 3 aromatic rings. The Morgan fingerprint density at radius 2 is 1.90 bits per heavy atom. The van der Waals surface area contributed by atoms with Crippen molar-refractivity contribution in [2.45, 2.75) is 13.3 Å². The van der Waals surface area contributed by atoms with E-state index in [1.807, 2.05) is 30.3 Å². The van der Waals surface area contributed by atoms with E-state index in [2.05, 4.69) is 41.7 Å². The number of para-hydroxylation sites is 1. The highest BCUT2D eigenvalue weighted by Gasteiger charge is 2.07. The molecule has 0 unspecified atom stereocenters. The third kappa shape index (κ3) is 2.52. The average Bonchev–Trinajstić information content (AvgIpc) is 2.77. The molecule has 102 valence electrons. The molecule has 2 aromatic carbocycles. The second-order valence-corrected chi connectivity index (χ2v) is 4.99. The van der Waals surface area contributed by atoms with Gasteiger partial charge in [-0.25, -0.2) is 4.98 Å². The third-order valence-corrected chi connectivity index (χ3v) is 3.47. The van der Waals surface area contributed by atoms with Crippen LogP contribution in [0.25, 0.3) is 11.0 Å². The molecule has 1 heterocycles. The highest BCUT2D eigenvalue weighted by molar-refractivity contribution is 5.76. The van der Waals surface area contributed by atoms with Gasteiger partial charge < -0.3 is 9.30 Å². The Labute approximate surface area is 118 Å². The molecule has 0 bridgehead atoms. The van der Waals surface area contributed by atoms with Gasteiger partial charge in [0.15, 0.2) is 0 Å². The summed E-state index contributed by atoms with van der Waals surface area (Å²) in [6.07, 6.45) is 0.805. The van der Waals surface area contributed by atoms with Gasteiger partial charge in [-0.3, -0.25) is 0 Å². The van der Waals surface area contributed by atoms with Crippen LogP contribution >= 0.6 is 0 Å². The first kappa shape index (κ1) is 12.7. The summed E-state index contributed by atoms with van der Waals surface area (Å²) in [6.45, 7) is 2.74. The number of aromatic nitrogens is 2. The van der Waals surface area contributed by atoms with Crippen LogP contribution in [0.15, 0.2) is 48.5 Å². The lowest BCUT2D eigenvalue weighted by Gasteiger charge is -2.06. The molecule has 0 N–H and O–H groups in total. The predicted molar refractivity (Wildman–Crippen MR) is 81.1 cm³/mol. The van der Waals surface area contributed by atoms with Gasteiger partial charge in [0.05, 0.1) is 17.6 Å². The molecule has 0 radical (unpaired) electrons. The lowest BCUT2D eigenvalue weighted by molar-refractivity contribution is 0.318. The SMILES string of the molecule is Cc1ccc2nc(CCOc3ccccc3)n(C)c2c1. The standard InChI is InChI=1S/C17H18N2O/c1-13-8-9-15-16(12-13)19(2)17(18-15)10-11-20-14-6-4-3-5-7-14/h3-9,12H,10-11H2,1-2H3. The smallest absolute Gasteiger partial charge is 0.119 e. The average molecular weight is 266 g/mol. The summed E-state index contributed by atoms with van der Waals surface area (Å²) in [5.74, 6) is 1.96. The van der Waals surface area contributed by atoms with Crippen molar-refractivity contribution in [2.75, 3.05) is 6.61 Å². The van der Waals surface area contributed by atoms with E-state index in [1.54, 1.807) is 0 Å². The maximum atomic E-state index is 5.73. The minimum absolute atomic E-state index is 0.639. The number of ether oxygens (including phenoxy) is 1. The maximum Gasteiger partial charge on any atom is 0.119 e. The number of benzene rings is 2. The zero-order chi connectivity index (χ0) is 13.9. The second-order valence-electron chi connectivity index (χ2n) is 4.99. The number of rotatable bonds is 4. The molecule has 1 aromatic heterocycles. The molecule has 0 atom stereocenters. The molecule has 3 nitrogen and oxygen atoms in total. The van der Waals surface area contributed by atoms with Crippen molar-refractivity contribution in [3.63, 3.8) is 0 Å². The number of aryl methyl sites for hydroxylation is 2. The Kier molecular flexibility index (Phi) is 3.42. The topological polar surface area (TPSA) is 27.1 Å². The molecule has 20 heavy (non-hydrogen) atoms. The molecule has 0 aliphatic heterocycles. The van der Waals surface area contributed by atoms with Crippen molar-refractivity contribution >= 4 is 11.0 Å². The second kappa shape index (κ2) is 5.37. The van der Waals surface area contributed by atoms with Gasteiger partial charge in [0.2, 0.25) is 0 Å². The minimum Gasteiger partial charge on any atom is -0.493 e. The number of fused-ring (bicyclic) bond motifs is 1. The zero-order valence-electron chi connectivity index (χ0n) is 11.8. The predicted octanol–water partition coefficient (Wildman–Crippen LogP) is 3.50. The molecular formula is C17H18N2O. The molecule has 0 spiro atoms. The maximum absolute atomic E-state index is 5.73. The summed E-state index contributed by atoms with van der Waals surface area (Å²) >= 11 is 0. The summed E-state index contributed by atoms with van der Waals surface area (Å²) in [5, 5.41) is 0. The summed E-state index contributed by atoms with van der Waals surface area (Å²) in [5.41, 5.74) is 3.49. The van der Waals surface area contributed by atoms with Crippen molar-refractivity contribution in [3.05, 3.63) is 59.9 Å². The zero-order valence-corrected chi connectivity index (χ0v) is 11.8. The van der Waals surface area contributed by atoms with E-state index in [4.69, 9.17) is 4.74 Å². The molecule has 0 saturated carbocycles. The Morgan fingerprint density at radius 3 is 2.70 bits per heavy atom. The first-order valence-electron chi connectivity index (χ1n) is 6.84. The van der Waals surface area contributed by atoms with Crippen LogP contribution in [0, 0.1) is 6.92 Å². The molecule has 0 aliphatic carbocycles. The van der Waals surface area contributed by atoms with Crippen LogP contribution in [0.4, 0.5) is 0 Å². The van der Waals surface area contributed by atoms with Crippen molar-refractivity contribution in [1.82, 2.24) is 9.55 Å². The quantitative estimate of drug-likeness (QED) is 0.722. The fourth-order valence-corrected chi connectivity index (χ4v) is 2.35. The molecular weight excluding hydrogens is 248 g/mol. The fourth-order valence-electron chi connectivity index (χ4n) is 2.35. The lowest BCUT2D eigenvalue weighted by atomic mass is 10.2. The van der Waals surface area contributed by atoms with E-state index >= 15 is 0 Å². The normalized spacial score (nSPS) is 10.9. The Morgan fingerprint density at radius 1 is 1.10 bits per heavy atom. The van der Waals surface area contributed by atoms with E-state index in [1.165, 1.54) is 11.1 Å². The van der Waals surface area contributed by atoms with E-state index in [0.29, 0.717) is 6.61 Å². The van der Waals surface area contributed by atoms with Crippen LogP contribution < -0.4 is 4.74 Å². The molecule has 0 amide bonds. The van der Waals surface area contributed by atoms with Crippen LogP contribution in [0.1, 0.15) is 11.4 Å². The van der Waals surface area contributed by atoms with Crippen LogP contribution in [0.3, 0.4) is 0 Å². The first-order valence-corrected chi connectivity index (χ1v) is 6.84. The van der Waals surface area contributed by atoms with Gasteiger partial charge in [-0.15, -0.1) is 0 Å². The Balaban J connectivity index is 1.73. The monoisotopic (exact) mass is 266 g/mol. The van der Waals surface area contributed by atoms with E-state index in [9.17, 15) is 0 Å².